The van der Waals surface area contributed by atoms with E-state index in [-0.39, 0.29) is 18.4 Å². The average molecular weight is 402 g/mol. The Morgan fingerprint density at radius 2 is 2.00 bits per heavy atom. The Bertz CT molecular complexity index is 825. The van der Waals surface area contributed by atoms with E-state index in [9.17, 15) is 14.7 Å². The van der Waals surface area contributed by atoms with Crippen LogP contribution in [-0.4, -0.2) is 57.9 Å². The van der Waals surface area contributed by atoms with Crippen molar-refractivity contribution in [1.82, 2.24) is 19.9 Å². The molecule has 0 aliphatic carbocycles. The monoisotopic (exact) mass is 402 g/mol. The number of rotatable bonds is 9. The number of unbranched alkanes of at least 4 members (excludes halogenated alkanes) is 1. The van der Waals surface area contributed by atoms with E-state index in [1.165, 1.54) is 4.57 Å². The molecule has 0 radical (unpaired) electrons. The molecular weight excluding hydrogens is 372 g/mol. The van der Waals surface area contributed by atoms with Crippen LogP contribution in [0.4, 0.5) is 0 Å². The summed E-state index contributed by atoms with van der Waals surface area (Å²) < 4.78 is 6.18. The van der Waals surface area contributed by atoms with Crippen molar-refractivity contribution in [2.45, 2.75) is 45.3 Å². The van der Waals surface area contributed by atoms with Gasteiger partial charge in [-0.25, -0.2) is 4.79 Å². The van der Waals surface area contributed by atoms with Crippen LogP contribution < -0.4 is 11.1 Å². The third-order valence-corrected chi connectivity index (χ3v) is 5.37. The van der Waals surface area contributed by atoms with E-state index >= 15 is 0 Å². The van der Waals surface area contributed by atoms with Crippen LogP contribution in [0, 0.1) is 5.92 Å². The van der Waals surface area contributed by atoms with Crippen molar-refractivity contribution in [2.75, 3.05) is 26.2 Å². The summed E-state index contributed by atoms with van der Waals surface area (Å²) in [6, 6.07) is 9.29. The van der Waals surface area contributed by atoms with E-state index < -0.39 is 11.9 Å². The Labute approximate surface area is 170 Å². The Morgan fingerprint density at radius 3 is 2.69 bits per heavy atom. The Kier molecular flexibility index (Phi) is 7.60. The van der Waals surface area contributed by atoms with Gasteiger partial charge >= 0.3 is 5.76 Å². The summed E-state index contributed by atoms with van der Waals surface area (Å²) in [6.45, 7) is 4.91. The van der Waals surface area contributed by atoms with Crippen LogP contribution in [0.1, 0.15) is 32.6 Å². The lowest BCUT2D eigenvalue weighted by atomic mass is 9.95. The minimum Gasteiger partial charge on any atom is -0.390 e. The number of nitrogens with zero attached hydrogens (tertiary/aromatic N) is 3. The number of amides is 1. The Morgan fingerprint density at radius 1 is 1.28 bits per heavy atom. The van der Waals surface area contributed by atoms with E-state index in [2.05, 4.69) is 22.3 Å². The molecule has 3 rings (SSSR count). The van der Waals surface area contributed by atoms with Gasteiger partial charge in [0.15, 0.2) is 5.82 Å². The number of aliphatic hydroxyl groups excluding tert-OH is 1. The maximum absolute atomic E-state index is 12.2. The van der Waals surface area contributed by atoms with E-state index in [1.807, 2.05) is 30.3 Å². The molecule has 1 unspecified atom stereocenters. The summed E-state index contributed by atoms with van der Waals surface area (Å²) in [5.74, 6) is 0.0234. The molecule has 1 fully saturated rings. The fraction of sp³-hybridized carbons (Fsp3) is 0.571. The lowest BCUT2D eigenvalue weighted by Gasteiger charge is -2.32. The first-order valence-corrected chi connectivity index (χ1v) is 10.4. The number of carbonyl (C=O) groups is 1. The summed E-state index contributed by atoms with van der Waals surface area (Å²) in [7, 11) is 0. The molecule has 0 bridgehead atoms. The quantitative estimate of drug-likeness (QED) is 0.617. The number of likely N-dealkylation sites (tertiary alicyclic amines) is 1. The van der Waals surface area contributed by atoms with Gasteiger partial charge in [-0.05, 0) is 32.4 Å². The van der Waals surface area contributed by atoms with E-state index in [4.69, 9.17) is 4.52 Å². The van der Waals surface area contributed by atoms with Crippen molar-refractivity contribution in [1.29, 1.82) is 0 Å². The SMILES string of the molecule is CCCCNC(=O)C1CCN(CC(O)Cn2c(-c3ccccc3)noc2=O)CC1. The third-order valence-electron chi connectivity index (χ3n) is 5.37. The number of nitrogens with one attached hydrogen (secondary N) is 1. The van der Waals surface area contributed by atoms with Crippen molar-refractivity contribution in [3.8, 4) is 11.4 Å². The predicted octanol–water partition coefficient (Wildman–Crippen LogP) is 1.49. The first-order valence-electron chi connectivity index (χ1n) is 10.4. The third kappa shape index (κ3) is 5.77. The standard InChI is InChI=1S/C21H30N4O4/c1-2-3-11-22-20(27)17-9-12-24(13-10-17)14-18(26)15-25-19(23-29-21(25)28)16-7-5-4-6-8-16/h4-8,17-18,26H,2-3,9-15H2,1H3,(H,22,27). The van der Waals surface area contributed by atoms with Gasteiger partial charge in [0.25, 0.3) is 0 Å². The summed E-state index contributed by atoms with van der Waals surface area (Å²) in [5.41, 5.74) is 0.764. The molecule has 0 spiro atoms. The predicted molar refractivity (Wildman–Crippen MR) is 109 cm³/mol. The molecule has 1 atom stereocenters. The highest BCUT2D eigenvalue weighted by atomic mass is 16.5. The van der Waals surface area contributed by atoms with Crippen molar-refractivity contribution in [3.63, 3.8) is 0 Å². The van der Waals surface area contributed by atoms with Crippen LogP contribution in [0.25, 0.3) is 11.4 Å². The summed E-state index contributed by atoms with van der Waals surface area (Å²) in [6.07, 6.45) is 2.91. The fourth-order valence-corrected chi connectivity index (χ4v) is 3.70. The number of carbonyl (C=O) groups excluding carboxylic acids is 1. The summed E-state index contributed by atoms with van der Waals surface area (Å²) in [4.78, 5) is 26.4. The first-order chi connectivity index (χ1) is 14.1. The molecule has 1 aliphatic rings. The van der Waals surface area contributed by atoms with Gasteiger partial charge in [-0.1, -0.05) is 48.8 Å². The van der Waals surface area contributed by atoms with Crippen molar-refractivity contribution in [2.24, 2.45) is 5.92 Å². The molecule has 8 nitrogen and oxygen atoms in total. The number of hydrogen-bond donors (Lipinski definition) is 2. The summed E-state index contributed by atoms with van der Waals surface area (Å²) in [5, 5.41) is 17.4. The van der Waals surface area contributed by atoms with Gasteiger partial charge < -0.3 is 15.3 Å². The van der Waals surface area contributed by atoms with Gasteiger partial charge in [-0.2, -0.15) is 0 Å². The maximum atomic E-state index is 12.2. The zero-order valence-electron chi connectivity index (χ0n) is 16.9. The zero-order chi connectivity index (χ0) is 20.6. The van der Waals surface area contributed by atoms with Gasteiger partial charge in [0.1, 0.15) is 0 Å². The Balaban J connectivity index is 1.50. The van der Waals surface area contributed by atoms with Crippen LogP contribution in [-0.2, 0) is 11.3 Å². The smallest absolute Gasteiger partial charge is 0.390 e. The van der Waals surface area contributed by atoms with Crippen molar-refractivity contribution < 1.29 is 14.4 Å². The van der Waals surface area contributed by atoms with Crippen LogP contribution in [0.3, 0.4) is 0 Å². The molecule has 1 saturated heterocycles. The molecule has 2 N–H and O–H groups in total. The number of benzene rings is 1. The van der Waals surface area contributed by atoms with Gasteiger partial charge in [-0.15, -0.1) is 0 Å². The molecule has 1 aromatic carbocycles. The van der Waals surface area contributed by atoms with Gasteiger partial charge in [0.05, 0.1) is 12.6 Å². The van der Waals surface area contributed by atoms with E-state index in [0.29, 0.717) is 12.4 Å². The number of piperidine rings is 1. The second kappa shape index (κ2) is 10.4. The zero-order valence-corrected chi connectivity index (χ0v) is 16.9. The number of β-amino-alcohol motifs (C(OH)–C–C–N with tert-alkyl or cyclic N) is 1. The molecular formula is C21H30N4O4. The average Bonchev–Trinajstić information content (AvgIpc) is 3.09. The molecule has 29 heavy (non-hydrogen) atoms. The largest absolute Gasteiger partial charge is 0.441 e. The number of aromatic nitrogens is 2. The molecule has 2 aromatic rings. The molecule has 2 heterocycles. The molecule has 8 heteroatoms. The number of aliphatic hydroxyl groups is 1. The van der Waals surface area contributed by atoms with Crippen LogP contribution in [0.5, 0.6) is 0 Å². The Hall–Kier alpha value is -2.45. The maximum Gasteiger partial charge on any atom is 0.441 e. The van der Waals surface area contributed by atoms with Crippen LogP contribution >= 0.6 is 0 Å². The second-order valence-corrected chi connectivity index (χ2v) is 7.62. The molecule has 1 aromatic heterocycles. The lowest BCUT2D eigenvalue weighted by molar-refractivity contribution is -0.126. The molecule has 1 amide bonds. The highest BCUT2D eigenvalue weighted by Gasteiger charge is 2.26. The lowest BCUT2D eigenvalue weighted by Crippen LogP contribution is -2.44. The van der Waals surface area contributed by atoms with Gasteiger partial charge in [-0.3, -0.25) is 13.9 Å². The normalized spacial score (nSPS) is 16.6. The van der Waals surface area contributed by atoms with Crippen molar-refractivity contribution >= 4 is 5.91 Å². The minimum absolute atomic E-state index is 0.0469. The fourth-order valence-electron chi connectivity index (χ4n) is 3.70. The summed E-state index contributed by atoms with van der Waals surface area (Å²) >= 11 is 0. The topological polar surface area (TPSA) is 101 Å². The highest BCUT2D eigenvalue weighted by Crippen LogP contribution is 2.19. The van der Waals surface area contributed by atoms with Gasteiger partial charge in [0, 0.05) is 24.6 Å². The minimum atomic E-state index is -0.732. The molecule has 158 valence electrons. The second-order valence-electron chi connectivity index (χ2n) is 7.62. The van der Waals surface area contributed by atoms with E-state index in [1.54, 1.807) is 0 Å². The first kappa shape index (κ1) is 21.3. The van der Waals surface area contributed by atoms with Crippen LogP contribution in [0.2, 0.25) is 0 Å². The highest BCUT2D eigenvalue weighted by molar-refractivity contribution is 5.78. The van der Waals surface area contributed by atoms with Crippen molar-refractivity contribution in [3.05, 3.63) is 40.9 Å². The van der Waals surface area contributed by atoms with E-state index in [0.717, 1.165) is 50.9 Å². The van der Waals surface area contributed by atoms with Crippen LogP contribution in [0.15, 0.2) is 39.6 Å². The number of hydrogen-bond acceptors (Lipinski definition) is 6. The van der Waals surface area contributed by atoms with Gasteiger partial charge in [0.2, 0.25) is 5.91 Å². The molecule has 1 aliphatic heterocycles. The molecule has 0 saturated carbocycles.